The Morgan fingerprint density at radius 3 is 2.50 bits per heavy atom. The zero-order chi connectivity index (χ0) is 14.9. The van der Waals surface area contributed by atoms with Crippen molar-refractivity contribution in [2.24, 2.45) is 5.73 Å². The van der Waals surface area contributed by atoms with Gasteiger partial charge < -0.3 is 10.5 Å². The lowest BCUT2D eigenvalue weighted by atomic mass is 9.93. The van der Waals surface area contributed by atoms with Gasteiger partial charge in [0.05, 0.1) is 18.2 Å². The topological polar surface area (TPSA) is 35.2 Å². The van der Waals surface area contributed by atoms with Gasteiger partial charge in [-0.3, -0.25) is 0 Å². The zero-order valence-corrected chi connectivity index (χ0v) is 12.5. The number of nitrogens with two attached hydrogens (primary N) is 1. The van der Waals surface area contributed by atoms with Crippen LogP contribution in [0.15, 0.2) is 30.3 Å². The molecule has 2 aromatic carbocycles. The molecule has 2 rings (SSSR count). The molecule has 1 unspecified atom stereocenters. The number of halogens is 2. The second-order valence-electron chi connectivity index (χ2n) is 4.80. The molecule has 2 N–H and O–H groups in total. The van der Waals surface area contributed by atoms with E-state index in [1.807, 2.05) is 26.0 Å². The highest BCUT2D eigenvalue weighted by molar-refractivity contribution is 6.30. The van der Waals surface area contributed by atoms with Crippen LogP contribution >= 0.6 is 11.6 Å². The van der Waals surface area contributed by atoms with E-state index in [1.165, 1.54) is 6.07 Å². The predicted octanol–water partition coefficient (Wildman–Crippen LogP) is 4.15. The largest absolute Gasteiger partial charge is 0.496 e. The fraction of sp³-hybridized carbons (Fsp3) is 0.250. The van der Waals surface area contributed by atoms with Crippen molar-refractivity contribution in [3.63, 3.8) is 0 Å². The number of rotatable bonds is 3. The van der Waals surface area contributed by atoms with Crippen LogP contribution in [0.3, 0.4) is 0 Å². The smallest absolute Gasteiger partial charge is 0.146 e. The Bertz CT molecular complexity index is 643. The van der Waals surface area contributed by atoms with Crippen LogP contribution in [0.1, 0.15) is 28.3 Å². The fourth-order valence-corrected chi connectivity index (χ4v) is 2.48. The van der Waals surface area contributed by atoms with Crippen molar-refractivity contribution < 1.29 is 9.13 Å². The van der Waals surface area contributed by atoms with Gasteiger partial charge in [-0.25, -0.2) is 4.39 Å². The molecule has 2 nitrogen and oxygen atoms in total. The maximum atomic E-state index is 14.1. The molecule has 0 spiro atoms. The van der Waals surface area contributed by atoms with Crippen LogP contribution in [0.25, 0.3) is 0 Å². The Kier molecular flexibility index (Phi) is 4.31. The Hall–Kier alpha value is -1.58. The standard InChI is InChI=1S/C16H17ClFNO/c1-9-8-14(20-3)10(2)7-12(9)16(19)11-5-4-6-13(17)15(11)18/h4-8,16H,19H2,1-3H3. The first kappa shape index (κ1) is 14.8. The number of benzene rings is 2. The summed E-state index contributed by atoms with van der Waals surface area (Å²) < 4.78 is 19.4. The van der Waals surface area contributed by atoms with Crippen molar-refractivity contribution in [3.8, 4) is 5.75 Å². The van der Waals surface area contributed by atoms with Crippen molar-refractivity contribution in [2.45, 2.75) is 19.9 Å². The predicted molar refractivity (Wildman–Crippen MR) is 79.9 cm³/mol. The molecule has 0 saturated carbocycles. The van der Waals surface area contributed by atoms with Crippen molar-refractivity contribution in [1.29, 1.82) is 0 Å². The van der Waals surface area contributed by atoms with Gasteiger partial charge in [-0.05, 0) is 42.7 Å². The number of hydrogen-bond acceptors (Lipinski definition) is 2. The first-order valence-electron chi connectivity index (χ1n) is 6.30. The number of ether oxygens (including phenoxy) is 1. The minimum absolute atomic E-state index is 0.0841. The summed E-state index contributed by atoms with van der Waals surface area (Å²) in [5.41, 5.74) is 9.39. The third kappa shape index (κ3) is 2.65. The second-order valence-corrected chi connectivity index (χ2v) is 5.21. The third-order valence-corrected chi connectivity index (χ3v) is 3.73. The average molecular weight is 294 g/mol. The van der Waals surface area contributed by atoms with Crippen LogP contribution in [0.2, 0.25) is 5.02 Å². The number of aryl methyl sites for hydroxylation is 2. The maximum Gasteiger partial charge on any atom is 0.146 e. The van der Waals surface area contributed by atoms with Crippen molar-refractivity contribution in [1.82, 2.24) is 0 Å². The Morgan fingerprint density at radius 1 is 1.15 bits per heavy atom. The van der Waals surface area contributed by atoms with Gasteiger partial charge in [0, 0.05) is 5.56 Å². The molecule has 0 amide bonds. The van der Waals surface area contributed by atoms with Gasteiger partial charge in [-0.15, -0.1) is 0 Å². The molecule has 1 atom stereocenters. The molecule has 0 bridgehead atoms. The van der Waals surface area contributed by atoms with E-state index < -0.39 is 11.9 Å². The van der Waals surface area contributed by atoms with E-state index in [0.29, 0.717) is 5.56 Å². The van der Waals surface area contributed by atoms with Gasteiger partial charge in [0.25, 0.3) is 0 Å². The molecule has 20 heavy (non-hydrogen) atoms. The highest BCUT2D eigenvalue weighted by Crippen LogP contribution is 2.31. The van der Waals surface area contributed by atoms with E-state index in [9.17, 15) is 4.39 Å². The summed E-state index contributed by atoms with van der Waals surface area (Å²) in [5.74, 6) is 0.333. The van der Waals surface area contributed by atoms with Crippen LogP contribution in [-0.2, 0) is 0 Å². The molecule has 0 aromatic heterocycles. The first-order chi connectivity index (χ1) is 9.45. The van der Waals surface area contributed by atoms with Gasteiger partial charge in [0.15, 0.2) is 0 Å². The lowest BCUT2D eigenvalue weighted by Crippen LogP contribution is -2.15. The normalized spacial score (nSPS) is 12.3. The van der Waals surface area contributed by atoms with Crippen LogP contribution in [0.5, 0.6) is 5.75 Å². The molecule has 0 saturated heterocycles. The Labute approximate surface area is 123 Å². The fourth-order valence-electron chi connectivity index (χ4n) is 2.30. The van der Waals surface area contributed by atoms with Crippen molar-refractivity contribution in [3.05, 3.63) is 63.4 Å². The third-order valence-electron chi connectivity index (χ3n) is 3.44. The van der Waals surface area contributed by atoms with Gasteiger partial charge in [0.1, 0.15) is 11.6 Å². The molecule has 2 aromatic rings. The molecule has 106 valence electrons. The van der Waals surface area contributed by atoms with E-state index in [0.717, 1.165) is 22.4 Å². The molecule has 0 aliphatic rings. The summed E-state index contributed by atoms with van der Waals surface area (Å²) in [6, 6.07) is 8.15. The summed E-state index contributed by atoms with van der Waals surface area (Å²) >= 11 is 5.81. The maximum absolute atomic E-state index is 14.1. The number of hydrogen-bond donors (Lipinski definition) is 1. The molecular formula is C16H17ClFNO. The minimum atomic E-state index is -0.557. The summed E-state index contributed by atoms with van der Waals surface area (Å²) in [4.78, 5) is 0. The summed E-state index contributed by atoms with van der Waals surface area (Å²) in [7, 11) is 1.62. The van der Waals surface area contributed by atoms with Crippen LogP contribution in [0.4, 0.5) is 4.39 Å². The van der Waals surface area contributed by atoms with E-state index in [-0.39, 0.29) is 5.02 Å². The summed E-state index contributed by atoms with van der Waals surface area (Å²) in [6.07, 6.45) is 0. The summed E-state index contributed by atoms with van der Waals surface area (Å²) in [6.45, 7) is 3.86. The van der Waals surface area contributed by atoms with E-state index in [2.05, 4.69) is 0 Å². The highest BCUT2D eigenvalue weighted by Gasteiger charge is 2.18. The minimum Gasteiger partial charge on any atom is -0.496 e. The molecule has 4 heteroatoms. The van der Waals surface area contributed by atoms with Gasteiger partial charge >= 0.3 is 0 Å². The van der Waals surface area contributed by atoms with E-state index in [4.69, 9.17) is 22.1 Å². The van der Waals surface area contributed by atoms with Crippen molar-refractivity contribution >= 4 is 11.6 Å². The second kappa shape index (κ2) is 5.81. The van der Waals surface area contributed by atoms with Gasteiger partial charge in [0.2, 0.25) is 0 Å². The molecule has 0 fully saturated rings. The molecule has 0 aliphatic carbocycles. The molecular weight excluding hydrogens is 277 g/mol. The Balaban J connectivity index is 2.51. The molecule has 0 radical (unpaired) electrons. The molecule has 0 heterocycles. The first-order valence-corrected chi connectivity index (χ1v) is 6.68. The van der Waals surface area contributed by atoms with Gasteiger partial charge in [-0.1, -0.05) is 29.8 Å². The zero-order valence-electron chi connectivity index (χ0n) is 11.7. The lowest BCUT2D eigenvalue weighted by molar-refractivity contribution is 0.411. The van der Waals surface area contributed by atoms with Crippen molar-refractivity contribution in [2.75, 3.05) is 7.11 Å². The average Bonchev–Trinajstić information content (AvgIpc) is 2.43. The monoisotopic (exact) mass is 293 g/mol. The summed E-state index contributed by atoms with van der Waals surface area (Å²) in [5, 5.41) is 0.0841. The van der Waals surface area contributed by atoms with Crippen LogP contribution in [0, 0.1) is 19.7 Å². The van der Waals surface area contributed by atoms with Crippen LogP contribution in [-0.4, -0.2) is 7.11 Å². The molecule has 0 aliphatic heterocycles. The van der Waals surface area contributed by atoms with E-state index >= 15 is 0 Å². The van der Waals surface area contributed by atoms with Crippen LogP contribution < -0.4 is 10.5 Å². The number of methoxy groups -OCH3 is 1. The van der Waals surface area contributed by atoms with E-state index in [1.54, 1.807) is 19.2 Å². The SMILES string of the molecule is COc1cc(C)c(C(N)c2cccc(Cl)c2F)cc1C. The van der Waals surface area contributed by atoms with Gasteiger partial charge in [-0.2, -0.15) is 0 Å². The highest BCUT2D eigenvalue weighted by atomic mass is 35.5. The lowest BCUT2D eigenvalue weighted by Gasteiger charge is -2.18. The quantitative estimate of drug-likeness (QED) is 0.922. The Morgan fingerprint density at radius 2 is 1.85 bits per heavy atom.